The maximum Gasteiger partial charge on any atom is 0.279 e. The van der Waals surface area contributed by atoms with Gasteiger partial charge in [0.1, 0.15) is 11.3 Å². The molecule has 1 unspecified atom stereocenters. The maximum atomic E-state index is 13.0. The second-order valence-electron chi connectivity index (χ2n) is 8.11. The first-order valence-electron chi connectivity index (χ1n) is 10.6. The molecule has 4 rings (SSSR count). The van der Waals surface area contributed by atoms with E-state index in [2.05, 4.69) is 4.99 Å². The Morgan fingerprint density at radius 2 is 1.88 bits per heavy atom. The van der Waals surface area contributed by atoms with Gasteiger partial charge in [-0.25, -0.2) is 8.42 Å². The lowest BCUT2D eigenvalue weighted by atomic mass is 10.1. The highest BCUT2D eigenvalue weighted by Gasteiger charge is 2.30. The number of aryl methyl sites for hydroxylation is 2. The molecule has 1 atom stereocenters. The third-order valence-corrected chi connectivity index (χ3v) is 9.27. The number of amides is 1. The summed E-state index contributed by atoms with van der Waals surface area (Å²) in [4.78, 5) is 17.9. The summed E-state index contributed by atoms with van der Waals surface area (Å²) in [5.41, 5.74) is 2.31. The lowest BCUT2D eigenvalue weighted by Crippen LogP contribution is -2.41. The minimum absolute atomic E-state index is 0.0153. The van der Waals surface area contributed by atoms with E-state index < -0.39 is 15.9 Å². The van der Waals surface area contributed by atoms with Crippen LogP contribution < -0.4 is 9.54 Å². The highest BCUT2D eigenvalue weighted by Crippen LogP contribution is 2.30. The average molecular weight is 474 g/mol. The predicted molar refractivity (Wildman–Crippen MR) is 126 cm³/mol. The van der Waals surface area contributed by atoms with Gasteiger partial charge >= 0.3 is 0 Å². The molecule has 0 saturated carbocycles. The summed E-state index contributed by atoms with van der Waals surface area (Å²) in [6, 6.07) is 9.93. The first kappa shape index (κ1) is 22.7. The molecule has 0 spiro atoms. The molecule has 1 saturated heterocycles. The number of rotatable bonds is 4. The second-order valence-corrected chi connectivity index (χ2v) is 11.0. The van der Waals surface area contributed by atoms with Gasteiger partial charge in [-0.3, -0.25) is 4.79 Å². The second kappa shape index (κ2) is 8.80. The molecule has 1 aromatic heterocycles. The number of thiazole rings is 1. The van der Waals surface area contributed by atoms with Crippen LogP contribution in [0.4, 0.5) is 0 Å². The SMILES string of the molecule is COc1ccc(C)c2sc(=NC(=O)c3ccc(S(=O)(=O)N4CCCCC4C)cc3)n(C)c12. The van der Waals surface area contributed by atoms with Crippen LogP contribution in [0.2, 0.25) is 0 Å². The number of sulfonamides is 1. The fraction of sp³-hybridized carbons (Fsp3) is 0.391. The van der Waals surface area contributed by atoms with E-state index in [-0.39, 0.29) is 10.9 Å². The summed E-state index contributed by atoms with van der Waals surface area (Å²) in [5.74, 6) is 0.304. The highest BCUT2D eigenvalue weighted by atomic mass is 32.2. The van der Waals surface area contributed by atoms with Crippen LogP contribution in [-0.2, 0) is 17.1 Å². The molecule has 0 aliphatic carbocycles. The third kappa shape index (κ3) is 4.00. The Kier molecular flexibility index (Phi) is 6.24. The van der Waals surface area contributed by atoms with Crippen molar-refractivity contribution in [3.8, 4) is 5.75 Å². The van der Waals surface area contributed by atoms with Gasteiger partial charge in [0.05, 0.1) is 16.7 Å². The molecule has 0 bridgehead atoms. The molecule has 3 aromatic rings. The van der Waals surface area contributed by atoms with Gasteiger partial charge in [0.25, 0.3) is 5.91 Å². The third-order valence-electron chi connectivity index (χ3n) is 5.97. The minimum atomic E-state index is -3.57. The molecule has 2 aromatic carbocycles. The Morgan fingerprint density at radius 3 is 2.53 bits per heavy atom. The molecule has 1 aliphatic heterocycles. The zero-order valence-electron chi connectivity index (χ0n) is 18.7. The van der Waals surface area contributed by atoms with E-state index in [1.54, 1.807) is 11.4 Å². The van der Waals surface area contributed by atoms with E-state index in [4.69, 9.17) is 4.74 Å². The standard InChI is InChI=1S/C23H27N3O4S2/c1-15-8-13-19(30-4)20-21(15)31-23(25(20)3)24-22(27)17-9-11-18(12-10-17)32(28,29)26-14-6-5-7-16(26)2/h8-13,16H,5-7,14H2,1-4H3. The highest BCUT2D eigenvalue weighted by molar-refractivity contribution is 7.89. The quantitative estimate of drug-likeness (QED) is 0.576. The predicted octanol–water partition coefficient (Wildman–Crippen LogP) is 3.86. The molecule has 170 valence electrons. The number of nitrogens with zero attached hydrogens (tertiary/aromatic N) is 3. The van der Waals surface area contributed by atoms with Gasteiger partial charge in [-0.2, -0.15) is 9.30 Å². The van der Waals surface area contributed by atoms with Crippen LogP contribution in [0, 0.1) is 6.92 Å². The Balaban J connectivity index is 1.66. The van der Waals surface area contributed by atoms with E-state index in [0.29, 0.717) is 16.9 Å². The number of fused-ring (bicyclic) bond motifs is 1. The number of benzene rings is 2. The van der Waals surface area contributed by atoms with Crippen molar-refractivity contribution in [2.45, 2.75) is 44.0 Å². The fourth-order valence-electron chi connectivity index (χ4n) is 4.10. The van der Waals surface area contributed by atoms with Crippen LogP contribution in [0.25, 0.3) is 10.2 Å². The Bertz CT molecular complexity index is 1340. The summed E-state index contributed by atoms with van der Waals surface area (Å²) in [6.45, 7) is 4.48. The van der Waals surface area contributed by atoms with Gasteiger partial charge in [-0.1, -0.05) is 23.8 Å². The molecule has 9 heteroatoms. The summed E-state index contributed by atoms with van der Waals surface area (Å²) in [6.07, 6.45) is 2.78. The first-order valence-corrected chi connectivity index (χ1v) is 12.8. The normalized spacial score (nSPS) is 18.2. The van der Waals surface area contributed by atoms with Crippen molar-refractivity contribution in [1.82, 2.24) is 8.87 Å². The molecule has 1 amide bonds. The van der Waals surface area contributed by atoms with Crippen LogP contribution in [0.3, 0.4) is 0 Å². The van der Waals surface area contributed by atoms with Gasteiger partial charge in [-0.15, -0.1) is 0 Å². The fourth-order valence-corrected chi connectivity index (χ4v) is 6.91. The Labute approximate surface area is 192 Å². The lowest BCUT2D eigenvalue weighted by Gasteiger charge is -2.32. The van der Waals surface area contributed by atoms with Gasteiger partial charge < -0.3 is 9.30 Å². The van der Waals surface area contributed by atoms with Crippen LogP contribution in [0.15, 0.2) is 46.3 Å². The van der Waals surface area contributed by atoms with Gasteiger partial charge in [0, 0.05) is 25.2 Å². The van der Waals surface area contributed by atoms with Gasteiger partial charge in [0.15, 0.2) is 4.80 Å². The number of methoxy groups -OCH3 is 1. The van der Waals surface area contributed by atoms with Crippen LogP contribution >= 0.6 is 11.3 Å². The molecular formula is C23H27N3O4S2. The largest absolute Gasteiger partial charge is 0.495 e. The number of carbonyl (C=O) groups is 1. The van der Waals surface area contributed by atoms with Crippen LogP contribution in [0.5, 0.6) is 5.75 Å². The van der Waals surface area contributed by atoms with E-state index in [1.165, 1.54) is 35.6 Å². The number of aromatic nitrogens is 1. The van der Waals surface area contributed by atoms with E-state index in [1.807, 2.05) is 37.6 Å². The molecule has 0 radical (unpaired) electrons. The van der Waals surface area contributed by atoms with Crippen molar-refractivity contribution in [3.05, 3.63) is 52.3 Å². The average Bonchev–Trinajstić information content (AvgIpc) is 3.11. The summed E-state index contributed by atoms with van der Waals surface area (Å²) < 4.78 is 35.9. The van der Waals surface area contributed by atoms with E-state index >= 15 is 0 Å². The Hall–Kier alpha value is -2.49. The zero-order valence-corrected chi connectivity index (χ0v) is 20.3. The molecule has 2 heterocycles. The molecular weight excluding hydrogens is 446 g/mol. The summed E-state index contributed by atoms with van der Waals surface area (Å²) >= 11 is 1.42. The van der Waals surface area contributed by atoms with Crippen molar-refractivity contribution in [2.75, 3.05) is 13.7 Å². The number of piperidine rings is 1. The smallest absolute Gasteiger partial charge is 0.279 e. The molecule has 0 N–H and O–H groups in total. The van der Waals surface area contributed by atoms with Gasteiger partial charge in [0.2, 0.25) is 10.0 Å². The minimum Gasteiger partial charge on any atom is -0.495 e. The molecule has 1 aliphatic rings. The number of carbonyl (C=O) groups excluding carboxylic acids is 1. The van der Waals surface area contributed by atoms with Crippen molar-refractivity contribution >= 4 is 37.5 Å². The molecule has 1 fully saturated rings. The number of ether oxygens (including phenoxy) is 1. The van der Waals surface area contributed by atoms with Crippen LogP contribution in [0.1, 0.15) is 42.1 Å². The summed E-state index contributed by atoms with van der Waals surface area (Å²) in [5, 5.41) is 0. The van der Waals surface area contributed by atoms with Crippen LogP contribution in [-0.4, -0.2) is 42.9 Å². The maximum absolute atomic E-state index is 13.0. The van der Waals surface area contributed by atoms with Gasteiger partial charge in [-0.05, 0) is 62.6 Å². The topological polar surface area (TPSA) is 81.0 Å². The van der Waals surface area contributed by atoms with Crippen molar-refractivity contribution in [1.29, 1.82) is 0 Å². The van der Waals surface area contributed by atoms with Crippen molar-refractivity contribution in [3.63, 3.8) is 0 Å². The monoisotopic (exact) mass is 473 g/mol. The lowest BCUT2D eigenvalue weighted by molar-refractivity contribution is 0.0998. The van der Waals surface area contributed by atoms with Crippen molar-refractivity contribution < 1.29 is 17.9 Å². The van der Waals surface area contributed by atoms with E-state index in [9.17, 15) is 13.2 Å². The van der Waals surface area contributed by atoms with Crippen molar-refractivity contribution in [2.24, 2.45) is 12.0 Å². The first-order chi connectivity index (χ1) is 15.2. The molecule has 7 nitrogen and oxygen atoms in total. The Morgan fingerprint density at radius 1 is 1.16 bits per heavy atom. The van der Waals surface area contributed by atoms with E-state index in [0.717, 1.165) is 40.8 Å². The molecule has 32 heavy (non-hydrogen) atoms. The number of hydrogen-bond donors (Lipinski definition) is 0. The summed E-state index contributed by atoms with van der Waals surface area (Å²) in [7, 11) is -0.109. The number of hydrogen-bond acceptors (Lipinski definition) is 5. The zero-order chi connectivity index (χ0) is 23.0.